The predicted octanol–water partition coefficient (Wildman–Crippen LogP) is 1.07. The molecule has 0 saturated heterocycles. The minimum Gasteiger partial charge on any atom is -0.496 e. The SMILES string of the molecule is COc1ccccc1-c1nnc2n1N=C(N)C(C#N)S2. The Hall–Kier alpha value is -2.53. The van der Waals surface area contributed by atoms with Gasteiger partial charge in [-0.25, -0.2) is 0 Å². The van der Waals surface area contributed by atoms with Crippen molar-refractivity contribution in [1.82, 2.24) is 14.9 Å². The fourth-order valence-electron chi connectivity index (χ4n) is 1.85. The lowest BCUT2D eigenvalue weighted by atomic mass is 10.2. The number of hydrogen-bond donors (Lipinski definition) is 1. The molecule has 0 spiro atoms. The van der Waals surface area contributed by atoms with Crippen molar-refractivity contribution in [1.29, 1.82) is 5.26 Å². The van der Waals surface area contributed by atoms with Crippen molar-refractivity contribution < 1.29 is 4.74 Å². The fraction of sp³-hybridized carbons (Fsp3) is 0.167. The summed E-state index contributed by atoms with van der Waals surface area (Å²) in [6.45, 7) is 0. The molecule has 0 aliphatic carbocycles. The molecule has 1 aliphatic rings. The number of hydrogen-bond acceptors (Lipinski definition) is 7. The molecule has 8 heteroatoms. The van der Waals surface area contributed by atoms with Gasteiger partial charge in [-0.05, 0) is 12.1 Å². The van der Waals surface area contributed by atoms with Crippen LogP contribution in [-0.2, 0) is 0 Å². The van der Waals surface area contributed by atoms with E-state index in [9.17, 15) is 0 Å². The van der Waals surface area contributed by atoms with Gasteiger partial charge in [0.05, 0.1) is 18.7 Å². The number of nitrogens with zero attached hydrogens (tertiary/aromatic N) is 5. The molecule has 1 atom stereocenters. The van der Waals surface area contributed by atoms with E-state index < -0.39 is 5.25 Å². The molecule has 0 radical (unpaired) electrons. The van der Waals surface area contributed by atoms with Crippen LogP contribution in [0.4, 0.5) is 0 Å². The molecule has 2 heterocycles. The Bertz CT molecular complexity index is 732. The summed E-state index contributed by atoms with van der Waals surface area (Å²) in [7, 11) is 1.59. The van der Waals surface area contributed by atoms with Crippen LogP contribution in [0, 0.1) is 11.3 Å². The number of amidine groups is 1. The second kappa shape index (κ2) is 4.86. The Morgan fingerprint density at radius 2 is 2.20 bits per heavy atom. The Morgan fingerprint density at radius 1 is 1.40 bits per heavy atom. The van der Waals surface area contributed by atoms with E-state index in [1.165, 1.54) is 16.4 Å². The number of nitriles is 1. The lowest BCUT2D eigenvalue weighted by molar-refractivity contribution is 0.416. The summed E-state index contributed by atoms with van der Waals surface area (Å²) in [6.07, 6.45) is 0. The van der Waals surface area contributed by atoms with Gasteiger partial charge < -0.3 is 10.5 Å². The maximum Gasteiger partial charge on any atom is 0.214 e. The van der Waals surface area contributed by atoms with Crippen LogP contribution in [0.3, 0.4) is 0 Å². The van der Waals surface area contributed by atoms with Gasteiger partial charge in [0.1, 0.15) is 11.6 Å². The van der Waals surface area contributed by atoms with Crippen LogP contribution in [0.2, 0.25) is 0 Å². The summed E-state index contributed by atoms with van der Waals surface area (Å²) in [4.78, 5) is 0. The zero-order valence-corrected chi connectivity index (χ0v) is 11.3. The normalized spacial score (nSPS) is 17.0. The number of fused-ring (bicyclic) bond motifs is 1. The zero-order valence-electron chi connectivity index (χ0n) is 10.5. The van der Waals surface area contributed by atoms with Crippen molar-refractivity contribution in [2.45, 2.75) is 10.4 Å². The van der Waals surface area contributed by atoms with Crippen LogP contribution in [0.1, 0.15) is 0 Å². The number of aromatic nitrogens is 3. The highest BCUT2D eigenvalue weighted by Crippen LogP contribution is 2.33. The van der Waals surface area contributed by atoms with E-state index in [1.54, 1.807) is 7.11 Å². The molecule has 1 aliphatic heterocycles. The van der Waals surface area contributed by atoms with Gasteiger partial charge in [0, 0.05) is 0 Å². The second-order valence-electron chi connectivity index (χ2n) is 3.97. The maximum absolute atomic E-state index is 8.98. The summed E-state index contributed by atoms with van der Waals surface area (Å²) in [5.74, 6) is 1.44. The quantitative estimate of drug-likeness (QED) is 0.886. The van der Waals surface area contributed by atoms with Crippen LogP contribution < -0.4 is 10.5 Å². The summed E-state index contributed by atoms with van der Waals surface area (Å²) in [6, 6.07) is 9.51. The number of para-hydroxylation sites is 1. The third-order valence-corrected chi connectivity index (χ3v) is 3.83. The largest absolute Gasteiger partial charge is 0.496 e. The lowest BCUT2D eigenvalue weighted by Gasteiger charge is -2.15. The molecule has 0 fully saturated rings. The van der Waals surface area contributed by atoms with E-state index in [0.717, 1.165) is 5.56 Å². The first-order valence-electron chi connectivity index (χ1n) is 5.74. The molecule has 0 saturated carbocycles. The Balaban J connectivity index is 2.13. The highest BCUT2D eigenvalue weighted by atomic mass is 32.2. The lowest BCUT2D eigenvalue weighted by Crippen LogP contribution is -2.29. The standard InChI is InChI=1S/C12H10N6OS/c1-19-8-5-3-2-4-7(8)11-15-16-12-18(11)17-10(14)9(6-13)20-12/h2-5,9H,1H3,(H2,14,17). The molecule has 0 bridgehead atoms. The van der Waals surface area contributed by atoms with Crippen LogP contribution in [0.15, 0.2) is 34.5 Å². The van der Waals surface area contributed by atoms with Gasteiger partial charge in [-0.2, -0.15) is 9.94 Å². The number of thioether (sulfide) groups is 1. The topological polar surface area (TPSA) is 102 Å². The van der Waals surface area contributed by atoms with E-state index >= 15 is 0 Å². The van der Waals surface area contributed by atoms with Gasteiger partial charge in [0.25, 0.3) is 0 Å². The Kier molecular flexibility index (Phi) is 3.04. The monoisotopic (exact) mass is 286 g/mol. The van der Waals surface area contributed by atoms with Crippen molar-refractivity contribution in [2.75, 3.05) is 7.11 Å². The molecule has 100 valence electrons. The average molecular weight is 286 g/mol. The van der Waals surface area contributed by atoms with Gasteiger partial charge in [-0.15, -0.1) is 15.3 Å². The first kappa shape index (κ1) is 12.5. The van der Waals surface area contributed by atoms with Gasteiger partial charge in [0.15, 0.2) is 11.1 Å². The van der Waals surface area contributed by atoms with Crippen molar-refractivity contribution in [3.05, 3.63) is 24.3 Å². The molecular formula is C12H10N6OS. The van der Waals surface area contributed by atoms with Gasteiger partial charge >= 0.3 is 0 Å². The molecule has 7 nitrogen and oxygen atoms in total. The molecule has 20 heavy (non-hydrogen) atoms. The van der Waals surface area contributed by atoms with E-state index in [1.807, 2.05) is 24.3 Å². The Labute approximate surface area is 119 Å². The summed E-state index contributed by atoms with van der Waals surface area (Å²) >= 11 is 1.23. The number of rotatable bonds is 2. The summed E-state index contributed by atoms with van der Waals surface area (Å²) < 4.78 is 6.84. The third-order valence-electron chi connectivity index (χ3n) is 2.78. The fourth-order valence-corrected chi connectivity index (χ4v) is 2.60. The van der Waals surface area contributed by atoms with Crippen molar-refractivity contribution in [3.63, 3.8) is 0 Å². The molecular weight excluding hydrogens is 276 g/mol. The molecule has 1 aromatic carbocycles. The first-order chi connectivity index (χ1) is 9.74. The van der Waals surface area contributed by atoms with Gasteiger partial charge in [-0.3, -0.25) is 0 Å². The summed E-state index contributed by atoms with van der Waals surface area (Å²) in [5.41, 5.74) is 6.55. The number of methoxy groups -OCH3 is 1. The van der Waals surface area contributed by atoms with Gasteiger partial charge in [-0.1, -0.05) is 23.9 Å². The number of benzene rings is 1. The van der Waals surface area contributed by atoms with Gasteiger partial charge in [0.2, 0.25) is 5.16 Å². The second-order valence-corrected chi connectivity index (χ2v) is 5.04. The van der Waals surface area contributed by atoms with E-state index in [4.69, 9.17) is 15.7 Å². The number of ether oxygens (including phenoxy) is 1. The van der Waals surface area contributed by atoms with Crippen LogP contribution >= 0.6 is 11.8 Å². The zero-order chi connectivity index (χ0) is 14.1. The van der Waals surface area contributed by atoms with Crippen molar-refractivity contribution in [3.8, 4) is 23.2 Å². The van der Waals surface area contributed by atoms with Crippen LogP contribution in [-0.4, -0.2) is 33.1 Å². The van der Waals surface area contributed by atoms with E-state index in [0.29, 0.717) is 16.7 Å². The first-order valence-corrected chi connectivity index (χ1v) is 6.62. The Morgan fingerprint density at radius 3 is 2.95 bits per heavy atom. The van der Waals surface area contributed by atoms with Crippen LogP contribution in [0.25, 0.3) is 11.4 Å². The molecule has 2 aromatic rings. The van der Waals surface area contributed by atoms with Crippen molar-refractivity contribution >= 4 is 17.6 Å². The molecule has 1 unspecified atom stereocenters. The average Bonchev–Trinajstić information content (AvgIpc) is 2.88. The highest BCUT2D eigenvalue weighted by Gasteiger charge is 2.27. The smallest absolute Gasteiger partial charge is 0.214 e. The summed E-state index contributed by atoms with van der Waals surface area (Å²) in [5, 5.41) is 21.4. The molecule has 0 amide bonds. The molecule has 1 aromatic heterocycles. The van der Waals surface area contributed by atoms with Crippen molar-refractivity contribution in [2.24, 2.45) is 10.8 Å². The molecule has 3 rings (SSSR count). The minimum absolute atomic E-state index is 0.237. The van der Waals surface area contributed by atoms with E-state index in [-0.39, 0.29) is 5.84 Å². The number of nitrogens with two attached hydrogens (primary N) is 1. The van der Waals surface area contributed by atoms with Crippen LogP contribution in [0.5, 0.6) is 5.75 Å². The third kappa shape index (κ3) is 1.88. The molecule has 2 N–H and O–H groups in total. The van der Waals surface area contributed by atoms with E-state index in [2.05, 4.69) is 21.4 Å². The highest BCUT2D eigenvalue weighted by molar-refractivity contribution is 8.00. The minimum atomic E-state index is -0.530. The predicted molar refractivity (Wildman–Crippen MR) is 74.3 cm³/mol. The maximum atomic E-state index is 8.98.